The molecule has 1 aliphatic rings. The second-order valence-electron chi connectivity index (χ2n) is 8.34. The predicted octanol–water partition coefficient (Wildman–Crippen LogP) is 5.84. The fourth-order valence-corrected chi connectivity index (χ4v) is 4.30. The van der Waals surface area contributed by atoms with E-state index in [9.17, 15) is 9.59 Å². The number of ketones is 1. The molecule has 0 aliphatic heterocycles. The van der Waals surface area contributed by atoms with Crippen LogP contribution in [0.15, 0.2) is 60.7 Å². The number of hydrogen-bond acceptors (Lipinski definition) is 5. The summed E-state index contributed by atoms with van der Waals surface area (Å²) >= 11 is 0. The van der Waals surface area contributed by atoms with E-state index < -0.39 is 12.2 Å². The zero-order valence-electron chi connectivity index (χ0n) is 19.0. The minimum atomic E-state index is -1.14. The van der Waals surface area contributed by atoms with E-state index in [-0.39, 0.29) is 11.8 Å². The van der Waals surface area contributed by atoms with Gasteiger partial charge in [-0.05, 0) is 41.8 Å². The Labute approximate surface area is 193 Å². The molecule has 0 heterocycles. The van der Waals surface area contributed by atoms with E-state index in [0.717, 1.165) is 36.5 Å². The first-order valence-corrected chi connectivity index (χ1v) is 11.3. The highest BCUT2D eigenvalue weighted by Crippen LogP contribution is 2.31. The lowest BCUT2D eigenvalue weighted by molar-refractivity contribution is 0.0613. The molecule has 0 saturated heterocycles. The molecule has 1 aliphatic carbocycles. The van der Waals surface area contributed by atoms with Crippen molar-refractivity contribution in [2.24, 2.45) is 0 Å². The number of carbonyl (C=O) groups excluding carboxylic acids is 2. The first-order chi connectivity index (χ1) is 16.1. The number of benzene rings is 3. The zero-order valence-corrected chi connectivity index (χ0v) is 19.0. The molecule has 6 nitrogen and oxygen atoms in total. The molecule has 1 fully saturated rings. The van der Waals surface area contributed by atoms with Crippen LogP contribution in [0, 0.1) is 0 Å². The number of alkyl carbamates (subject to hydrolysis) is 1. The summed E-state index contributed by atoms with van der Waals surface area (Å²) in [4.78, 5) is 26.4. The Morgan fingerprint density at radius 2 is 1.52 bits per heavy atom. The van der Waals surface area contributed by atoms with Gasteiger partial charge in [0.1, 0.15) is 11.5 Å². The summed E-state index contributed by atoms with van der Waals surface area (Å²) in [5, 5.41) is 4.91. The van der Waals surface area contributed by atoms with Crippen LogP contribution in [-0.4, -0.2) is 32.1 Å². The minimum absolute atomic E-state index is 0.0718. The van der Waals surface area contributed by atoms with Crippen LogP contribution in [0.2, 0.25) is 0 Å². The van der Waals surface area contributed by atoms with Gasteiger partial charge in [-0.3, -0.25) is 4.79 Å². The van der Waals surface area contributed by atoms with Crippen LogP contribution in [0.5, 0.6) is 11.5 Å². The van der Waals surface area contributed by atoms with Gasteiger partial charge in [-0.2, -0.15) is 0 Å². The van der Waals surface area contributed by atoms with Crippen LogP contribution in [0.25, 0.3) is 10.8 Å². The van der Waals surface area contributed by atoms with Crippen LogP contribution in [0.1, 0.15) is 54.1 Å². The molecular weight excluding hydrogens is 418 g/mol. The maximum atomic E-state index is 13.6. The molecule has 33 heavy (non-hydrogen) atoms. The first-order valence-electron chi connectivity index (χ1n) is 11.3. The summed E-state index contributed by atoms with van der Waals surface area (Å²) < 4.78 is 16.5. The van der Waals surface area contributed by atoms with E-state index in [1.54, 1.807) is 24.3 Å². The number of fused-ring (bicyclic) bond motifs is 1. The maximum absolute atomic E-state index is 13.6. The Kier molecular flexibility index (Phi) is 7.13. The maximum Gasteiger partial charge on any atom is 0.408 e. The molecule has 6 heteroatoms. The van der Waals surface area contributed by atoms with Gasteiger partial charge in [0.05, 0.1) is 14.2 Å². The van der Waals surface area contributed by atoms with Gasteiger partial charge in [-0.1, -0.05) is 55.7 Å². The Bertz CT molecular complexity index is 1110. The normalized spacial score (nSPS) is 15.0. The van der Waals surface area contributed by atoms with Gasteiger partial charge in [-0.15, -0.1) is 0 Å². The van der Waals surface area contributed by atoms with Crippen molar-refractivity contribution in [2.45, 2.75) is 44.2 Å². The smallest absolute Gasteiger partial charge is 0.408 e. The molecule has 1 amide bonds. The molecule has 172 valence electrons. The third kappa shape index (κ3) is 5.45. The molecule has 1 saturated carbocycles. The summed E-state index contributed by atoms with van der Waals surface area (Å²) in [7, 11) is 3.07. The Hall–Kier alpha value is -3.54. The molecule has 3 aromatic rings. The molecule has 0 bridgehead atoms. The van der Waals surface area contributed by atoms with Crippen molar-refractivity contribution in [3.8, 4) is 11.5 Å². The van der Waals surface area contributed by atoms with Gasteiger partial charge in [0.2, 0.25) is 5.78 Å². The molecule has 4 rings (SSSR count). The third-order valence-electron chi connectivity index (χ3n) is 6.10. The fourth-order valence-electron chi connectivity index (χ4n) is 4.30. The summed E-state index contributed by atoms with van der Waals surface area (Å²) in [5.41, 5.74) is 0.953. The molecule has 0 radical (unpaired) electrons. The van der Waals surface area contributed by atoms with Gasteiger partial charge in [0.25, 0.3) is 0 Å². The zero-order chi connectivity index (χ0) is 23.2. The third-order valence-corrected chi connectivity index (χ3v) is 6.10. The van der Waals surface area contributed by atoms with Gasteiger partial charge in [-0.25, -0.2) is 4.79 Å². The number of Topliss-reactive ketones (excluding diaryl/α,β-unsaturated/α-hetero) is 1. The van der Waals surface area contributed by atoms with Crippen molar-refractivity contribution in [1.29, 1.82) is 0 Å². The second kappa shape index (κ2) is 10.4. The lowest BCUT2D eigenvalue weighted by atomic mass is 9.96. The van der Waals surface area contributed by atoms with E-state index in [1.165, 1.54) is 20.6 Å². The highest BCUT2D eigenvalue weighted by Gasteiger charge is 2.29. The van der Waals surface area contributed by atoms with Gasteiger partial charge < -0.3 is 19.5 Å². The van der Waals surface area contributed by atoms with Crippen molar-refractivity contribution < 1.29 is 23.8 Å². The van der Waals surface area contributed by atoms with E-state index in [4.69, 9.17) is 14.2 Å². The summed E-state index contributed by atoms with van der Waals surface area (Å²) in [6.07, 6.45) is 3.45. The molecular formula is C27H29NO5. The van der Waals surface area contributed by atoms with Crippen molar-refractivity contribution in [1.82, 2.24) is 5.32 Å². The lowest BCUT2D eigenvalue weighted by Gasteiger charge is -2.24. The van der Waals surface area contributed by atoms with Crippen LogP contribution in [0.4, 0.5) is 4.79 Å². The topological polar surface area (TPSA) is 73.9 Å². The highest BCUT2D eigenvalue weighted by atomic mass is 16.6. The molecule has 1 atom stereocenters. The Morgan fingerprint density at radius 3 is 2.18 bits per heavy atom. The van der Waals surface area contributed by atoms with E-state index in [1.807, 2.05) is 36.4 Å². The molecule has 1 unspecified atom stereocenters. The summed E-state index contributed by atoms with van der Waals surface area (Å²) in [5.74, 6) is 0.712. The minimum Gasteiger partial charge on any atom is -0.497 e. The van der Waals surface area contributed by atoms with E-state index in [0.29, 0.717) is 22.6 Å². The first kappa shape index (κ1) is 22.6. The number of methoxy groups -OCH3 is 2. The number of carbonyl (C=O) groups is 2. The quantitative estimate of drug-likeness (QED) is 0.461. The van der Waals surface area contributed by atoms with Gasteiger partial charge in [0, 0.05) is 23.2 Å². The summed E-state index contributed by atoms with van der Waals surface area (Å²) in [6, 6.07) is 18.5. The van der Waals surface area contributed by atoms with Crippen LogP contribution in [-0.2, 0) is 4.74 Å². The molecule has 0 spiro atoms. The number of rotatable bonds is 7. The standard InChI is InChI=1S/C27H29NO5/c1-31-23-15-21(16-24(17-23)32-2)26(33-27(30)28-22-10-4-3-5-11-22)25(29)20-13-12-18-8-6-7-9-19(18)14-20/h6-9,12-17,22,26H,3-5,10-11H2,1-2H3,(H,28,30). The number of hydrogen-bond donors (Lipinski definition) is 1. The van der Waals surface area contributed by atoms with E-state index in [2.05, 4.69) is 5.32 Å². The van der Waals surface area contributed by atoms with Crippen LogP contribution < -0.4 is 14.8 Å². The predicted molar refractivity (Wildman–Crippen MR) is 127 cm³/mol. The fraction of sp³-hybridized carbons (Fsp3) is 0.333. The average Bonchev–Trinajstić information content (AvgIpc) is 2.86. The lowest BCUT2D eigenvalue weighted by Crippen LogP contribution is -2.38. The van der Waals surface area contributed by atoms with E-state index >= 15 is 0 Å². The summed E-state index contributed by atoms with van der Waals surface area (Å²) in [6.45, 7) is 0. The van der Waals surface area contributed by atoms with Crippen molar-refractivity contribution >= 4 is 22.6 Å². The Morgan fingerprint density at radius 1 is 0.848 bits per heavy atom. The number of ether oxygens (including phenoxy) is 3. The SMILES string of the molecule is COc1cc(OC)cc(C(OC(=O)NC2CCCCC2)C(=O)c2ccc3ccccc3c2)c1. The number of nitrogens with one attached hydrogen (secondary N) is 1. The largest absolute Gasteiger partial charge is 0.497 e. The molecule has 0 aromatic heterocycles. The average molecular weight is 448 g/mol. The molecule has 3 aromatic carbocycles. The van der Waals surface area contributed by atoms with Crippen molar-refractivity contribution in [3.05, 3.63) is 71.8 Å². The Balaban J connectivity index is 1.66. The van der Waals surface area contributed by atoms with Crippen LogP contribution >= 0.6 is 0 Å². The van der Waals surface area contributed by atoms with Crippen molar-refractivity contribution in [2.75, 3.05) is 14.2 Å². The van der Waals surface area contributed by atoms with Crippen molar-refractivity contribution in [3.63, 3.8) is 0 Å². The van der Waals surface area contributed by atoms with Gasteiger partial charge >= 0.3 is 6.09 Å². The van der Waals surface area contributed by atoms with Gasteiger partial charge in [0.15, 0.2) is 6.10 Å². The second-order valence-corrected chi connectivity index (χ2v) is 8.34. The van der Waals surface area contributed by atoms with Crippen LogP contribution in [0.3, 0.4) is 0 Å². The molecule has 1 N–H and O–H groups in total. The number of amides is 1. The highest BCUT2D eigenvalue weighted by molar-refractivity contribution is 6.03. The monoisotopic (exact) mass is 447 g/mol.